The van der Waals surface area contributed by atoms with Crippen molar-refractivity contribution in [3.8, 4) is 5.75 Å². The molecule has 0 atom stereocenters. The van der Waals surface area contributed by atoms with Gasteiger partial charge in [0, 0.05) is 25.2 Å². The Morgan fingerprint density at radius 1 is 1.26 bits per heavy atom. The SMILES string of the molecule is CCOc1ccc(NC(=O)C(C)(C)CC)cc1S(=O)(=O)N(C)C. The topological polar surface area (TPSA) is 75.7 Å². The zero-order chi connectivity index (χ0) is 17.8. The minimum atomic E-state index is -3.67. The molecule has 0 aliphatic carbocycles. The summed E-state index contributed by atoms with van der Waals surface area (Å²) in [6, 6.07) is 4.64. The van der Waals surface area contributed by atoms with E-state index in [1.165, 1.54) is 20.2 Å². The fourth-order valence-corrected chi connectivity index (χ4v) is 2.77. The van der Waals surface area contributed by atoms with Crippen molar-refractivity contribution in [2.75, 3.05) is 26.0 Å². The second-order valence-corrected chi connectivity index (χ2v) is 8.19. The van der Waals surface area contributed by atoms with Crippen LogP contribution >= 0.6 is 0 Å². The molecule has 0 heterocycles. The quantitative estimate of drug-likeness (QED) is 0.826. The van der Waals surface area contributed by atoms with Crippen LogP contribution in [0.2, 0.25) is 0 Å². The summed E-state index contributed by atoms with van der Waals surface area (Å²) in [5.41, 5.74) is -0.0977. The zero-order valence-corrected chi connectivity index (χ0v) is 15.5. The van der Waals surface area contributed by atoms with Crippen LogP contribution < -0.4 is 10.1 Å². The van der Waals surface area contributed by atoms with Crippen molar-refractivity contribution >= 4 is 21.6 Å². The van der Waals surface area contributed by atoms with Gasteiger partial charge in [0.1, 0.15) is 10.6 Å². The monoisotopic (exact) mass is 342 g/mol. The van der Waals surface area contributed by atoms with Gasteiger partial charge in [-0.1, -0.05) is 20.8 Å². The van der Waals surface area contributed by atoms with E-state index in [4.69, 9.17) is 4.74 Å². The third-order valence-corrected chi connectivity index (χ3v) is 5.59. The maximum absolute atomic E-state index is 12.5. The number of benzene rings is 1. The summed E-state index contributed by atoms with van der Waals surface area (Å²) in [5.74, 6) is 0.117. The zero-order valence-electron chi connectivity index (χ0n) is 14.6. The van der Waals surface area contributed by atoms with Crippen LogP contribution in [0.4, 0.5) is 5.69 Å². The van der Waals surface area contributed by atoms with E-state index in [1.54, 1.807) is 19.1 Å². The number of hydrogen-bond donors (Lipinski definition) is 1. The van der Waals surface area contributed by atoms with E-state index in [0.717, 1.165) is 4.31 Å². The van der Waals surface area contributed by atoms with Crippen molar-refractivity contribution in [1.29, 1.82) is 0 Å². The first-order valence-corrected chi connectivity index (χ1v) is 9.01. The Balaban J connectivity index is 3.27. The van der Waals surface area contributed by atoms with E-state index in [-0.39, 0.29) is 16.6 Å². The number of amides is 1. The molecule has 0 fully saturated rings. The smallest absolute Gasteiger partial charge is 0.246 e. The molecule has 23 heavy (non-hydrogen) atoms. The Labute approximate surface area is 138 Å². The summed E-state index contributed by atoms with van der Waals surface area (Å²) in [4.78, 5) is 12.3. The minimum Gasteiger partial charge on any atom is -0.492 e. The summed E-state index contributed by atoms with van der Waals surface area (Å²) in [6.07, 6.45) is 0.679. The lowest BCUT2D eigenvalue weighted by Crippen LogP contribution is -2.30. The molecular formula is C16H26N2O4S. The van der Waals surface area contributed by atoms with Gasteiger partial charge in [-0.15, -0.1) is 0 Å². The van der Waals surface area contributed by atoms with Gasteiger partial charge in [-0.2, -0.15) is 0 Å². The molecule has 1 aromatic carbocycles. The normalized spacial score (nSPS) is 12.3. The Hall–Kier alpha value is -1.60. The first-order chi connectivity index (χ1) is 10.6. The lowest BCUT2D eigenvalue weighted by atomic mass is 9.89. The van der Waals surface area contributed by atoms with Crippen LogP contribution in [0, 0.1) is 5.41 Å². The van der Waals surface area contributed by atoms with Gasteiger partial charge in [-0.3, -0.25) is 4.79 Å². The van der Waals surface area contributed by atoms with Crippen LogP contribution in [0.25, 0.3) is 0 Å². The Morgan fingerprint density at radius 2 is 1.87 bits per heavy atom. The van der Waals surface area contributed by atoms with Gasteiger partial charge in [0.15, 0.2) is 0 Å². The highest BCUT2D eigenvalue weighted by Crippen LogP contribution is 2.30. The summed E-state index contributed by atoms with van der Waals surface area (Å²) in [7, 11) is -0.762. The predicted molar refractivity (Wildman–Crippen MR) is 91.2 cm³/mol. The summed E-state index contributed by atoms with van der Waals surface area (Å²) >= 11 is 0. The van der Waals surface area contributed by atoms with E-state index in [1.807, 2.05) is 20.8 Å². The molecule has 0 unspecified atom stereocenters. The molecule has 0 spiro atoms. The first kappa shape index (κ1) is 19.4. The predicted octanol–water partition coefficient (Wildman–Crippen LogP) is 2.71. The molecule has 1 rings (SSSR count). The standard InChI is InChI=1S/C16H26N2O4S/c1-7-16(3,4)15(19)17-12-9-10-13(22-8-2)14(11-12)23(20,21)18(5)6/h9-11H,7-8H2,1-6H3,(H,17,19). The molecule has 0 aliphatic heterocycles. The highest BCUT2D eigenvalue weighted by molar-refractivity contribution is 7.89. The van der Waals surface area contributed by atoms with E-state index < -0.39 is 15.4 Å². The third kappa shape index (κ3) is 4.45. The fourth-order valence-electron chi connectivity index (χ4n) is 1.72. The van der Waals surface area contributed by atoms with Crippen LogP contribution in [0.3, 0.4) is 0 Å². The molecule has 7 heteroatoms. The van der Waals surface area contributed by atoms with Crippen LogP contribution in [0.1, 0.15) is 34.1 Å². The molecule has 0 saturated carbocycles. The molecule has 1 aromatic rings. The van der Waals surface area contributed by atoms with Gasteiger partial charge in [0.05, 0.1) is 6.61 Å². The van der Waals surface area contributed by atoms with E-state index in [9.17, 15) is 13.2 Å². The molecule has 0 radical (unpaired) electrons. The highest BCUT2D eigenvalue weighted by Gasteiger charge is 2.27. The van der Waals surface area contributed by atoms with Gasteiger partial charge in [-0.05, 0) is 31.5 Å². The second-order valence-electron chi connectivity index (χ2n) is 6.07. The van der Waals surface area contributed by atoms with Crippen LogP contribution in [0.5, 0.6) is 5.75 Å². The maximum Gasteiger partial charge on any atom is 0.246 e. The van der Waals surface area contributed by atoms with E-state index >= 15 is 0 Å². The molecule has 0 aromatic heterocycles. The van der Waals surface area contributed by atoms with Gasteiger partial charge in [0.2, 0.25) is 15.9 Å². The number of anilines is 1. The van der Waals surface area contributed by atoms with Gasteiger partial charge in [0.25, 0.3) is 0 Å². The van der Waals surface area contributed by atoms with Crippen molar-refractivity contribution in [3.05, 3.63) is 18.2 Å². The molecule has 130 valence electrons. The average molecular weight is 342 g/mol. The van der Waals surface area contributed by atoms with Crippen molar-refractivity contribution in [3.63, 3.8) is 0 Å². The fraction of sp³-hybridized carbons (Fsp3) is 0.562. The Morgan fingerprint density at radius 3 is 2.35 bits per heavy atom. The number of hydrogen-bond acceptors (Lipinski definition) is 4. The van der Waals surface area contributed by atoms with Crippen LogP contribution in [-0.4, -0.2) is 39.3 Å². The molecular weight excluding hydrogens is 316 g/mol. The number of rotatable bonds is 7. The van der Waals surface area contributed by atoms with Crippen molar-refractivity contribution < 1.29 is 17.9 Å². The first-order valence-electron chi connectivity index (χ1n) is 7.57. The van der Waals surface area contributed by atoms with Gasteiger partial charge in [-0.25, -0.2) is 12.7 Å². The summed E-state index contributed by atoms with van der Waals surface area (Å²) < 4.78 is 31.4. The highest BCUT2D eigenvalue weighted by atomic mass is 32.2. The van der Waals surface area contributed by atoms with Crippen molar-refractivity contribution in [1.82, 2.24) is 4.31 Å². The Bertz CT molecular complexity index is 667. The minimum absolute atomic E-state index is 0.0384. The molecule has 0 bridgehead atoms. The Kier molecular flexibility index (Phi) is 6.18. The molecule has 1 N–H and O–H groups in total. The second kappa shape index (κ2) is 7.31. The van der Waals surface area contributed by atoms with Gasteiger partial charge < -0.3 is 10.1 Å². The number of carbonyl (C=O) groups is 1. The van der Waals surface area contributed by atoms with Crippen LogP contribution in [0.15, 0.2) is 23.1 Å². The van der Waals surface area contributed by atoms with E-state index in [0.29, 0.717) is 18.7 Å². The van der Waals surface area contributed by atoms with Crippen molar-refractivity contribution in [2.45, 2.75) is 39.0 Å². The largest absolute Gasteiger partial charge is 0.492 e. The number of ether oxygens (including phenoxy) is 1. The average Bonchev–Trinajstić information content (AvgIpc) is 2.48. The molecule has 1 amide bonds. The third-order valence-electron chi connectivity index (χ3n) is 3.76. The molecule has 0 saturated heterocycles. The molecule has 0 aliphatic rings. The number of nitrogens with zero attached hydrogens (tertiary/aromatic N) is 1. The number of sulfonamides is 1. The number of carbonyl (C=O) groups excluding carboxylic acids is 1. The lowest BCUT2D eigenvalue weighted by Gasteiger charge is -2.22. The lowest BCUT2D eigenvalue weighted by molar-refractivity contribution is -0.124. The number of nitrogens with one attached hydrogen (secondary N) is 1. The maximum atomic E-state index is 12.5. The summed E-state index contributed by atoms with van der Waals surface area (Å²) in [6.45, 7) is 7.75. The molecule has 6 nitrogen and oxygen atoms in total. The van der Waals surface area contributed by atoms with Gasteiger partial charge >= 0.3 is 0 Å². The van der Waals surface area contributed by atoms with Crippen LogP contribution in [-0.2, 0) is 14.8 Å². The van der Waals surface area contributed by atoms with Crippen molar-refractivity contribution in [2.24, 2.45) is 5.41 Å². The summed E-state index contributed by atoms with van der Waals surface area (Å²) in [5, 5.41) is 2.78. The van der Waals surface area contributed by atoms with E-state index in [2.05, 4.69) is 5.32 Å².